The zero-order chi connectivity index (χ0) is 14.1. The predicted molar refractivity (Wildman–Crippen MR) is 86.1 cm³/mol. The molecule has 1 nitrogen and oxygen atoms in total. The number of hydrogen-bond donors (Lipinski definition) is 1. The quantitative estimate of drug-likeness (QED) is 0.755. The number of aryl methyl sites for hydroxylation is 1. The van der Waals surface area contributed by atoms with Crippen molar-refractivity contribution in [3.05, 3.63) is 67.9 Å². The van der Waals surface area contributed by atoms with E-state index in [1.807, 2.05) is 6.07 Å². The zero-order valence-corrected chi connectivity index (χ0v) is 14.0. The molecular formula is C16H14Br2FN. The highest BCUT2D eigenvalue weighted by molar-refractivity contribution is 9.10. The molecule has 104 valence electrons. The number of halogens is 3. The van der Waals surface area contributed by atoms with Crippen molar-refractivity contribution in [2.75, 3.05) is 0 Å². The number of fused-ring (bicyclic) bond motifs is 1. The van der Waals surface area contributed by atoms with Gasteiger partial charge in [-0.3, -0.25) is 0 Å². The Kier molecular flexibility index (Phi) is 4.24. The third-order valence-electron chi connectivity index (χ3n) is 3.73. The van der Waals surface area contributed by atoms with Crippen LogP contribution >= 0.6 is 31.9 Å². The normalized spacial score (nSPS) is 17.2. The Hall–Kier alpha value is -0.710. The van der Waals surface area contributed by atoms with Crippen LogP contribution in [-0.2, 0) is 13.0 Å². The summed E-state index contributed by atoms with van der Waals surface area (Å²) in [5, 5.41) is 3.47. The van der Waals surface area contributed by atoms with E-state index in [-0.39, 0.29) is 5.82 Å². The van der Waals surface area contributed by atoms with Crippen molar-refractivity contribution in [2.24, 2.45) is 0 Å². The largest absolute Gasteiger partial charge is 0.306 e. The minimum Gasteiger partial charge on any atom is -0.306 e. The average Bonchev–Trinajstić information content (AvgIpc) is 2.82. The van der Waals surface area contributed by atoms with Crippen molar-refractivity contribution in [1.29, 1.82) is 0 Å². The van der Waals surface area contributed by atoms with Crippen LogP contribution in [0, 0.1) is 5.82 Å². The van der Waals surface area contributed by atoms with E-state index in [1.54, 1.807) is 6.07 Å². The Morgan fingerprint density at radius 2 is 1.85 bits per heavy atom. The van der Waals surface area contributed by atoms with Gasteiger partial charge >= 0.3 is 0 Å². The van der Waals surface area contributed by atoms with E-state index < -0.39 is 0 Å². The van der Waals surface area contributed by atoms with Crippen LogP contribution in [0.5, 0.6) is 0 Å². The minimum atomic E-state index is -0.158. The van der Waals surface area contributed by atoms with E-state index in [2.05, 4.69) is 55.4 Å². The van der Waals surface area contributed by atoms with Crippen molar-refractivity contribution >= 4 is 31.9 Å². The average molecular weight is 399 g/mol. The maximum atomic E-state index is 13.7. The molecule has 3 rings (SSSR count). The summed E-state index contributed by atoms with van der Waals surface area (Å²) in [6.45, 7) is 0.547. The minimum absolute atomic E-state index is 0.158. The predicted octanol–water partition coefficient (Wildman–Crippen LogP) is 5.13. The van der Waals surface area contributed by atoms with E-state index in [9.17, 15) is 4.39 Å². The Morgan fingerprint density at radius 1 is 1.10 bits per heavy atom. The molecule has 20 heavy (non-hydrogen) atoms. The van der Waals surface area contributed by atoms with Crippen molar-refractivity contribution < 1.29 is 4.39 Å². The van der Waals surface area contributed by atoms with Gasteiger partial charge in [0.1, 0.15) is 5.82 Å². The van der Waals surface area contributed by atoms with Crippen LogP contribution in [0.4, 0.5) is 4.39 Å². The van der Waals surface area contributed by atoms with Crippen LogP contribution in [-0.4, -0.2) is 0 Å². The molecule has 1 N–H and O–H groups in total. The van der Waals surface area contributed by atoms with Crippen molar-refractivity contribution in [1.82, 2.24) is 5.32 Å². The fraction of sp³-hybridized carbons (Fsp3) is 0.250. The molecule has 0 saturated carbocycles. The van der Waals surface area contributed by atoms with Gasteiger partial charge in [0.05, 0.1) is 0 Å². The van der Waals surface area contributed by atoms with Crippen LogP contribution in [0.1, 0.15) is 29.2 Å². The number of rotatable bonds is 3. The summed E-state index contributed by atoms with van der Waals surface area (Å²) in [7, 11) is 0. The van der Waals surface area contributed by atoms with Crippen molar-refractivity contribution in [3.63, 3.8) is 0 Å². The lowest BCUT2D eigenvalue weighted by Crippen LogP contribution is -2.19. The van der Waals surface area contributed by atoms with Crippen molar-refractivity contribution in [2.45, 2.75) is 25.4 Å². The highest BCUT2D eigenvalue weighted by Gasteiger charge is 2.22. The Balaban J connectivity index is 1.73. The summed E-state index contributed by atoms with van der Waals surface area (Å²) in [6.07, 6.45) is 2.15. The lowest BCUT2D eigenvalue weighted by Gasteiger charge is -2.15. The molecule has 0 spiro atoms. The summed E-state index contributed by atoms with van der Waals surface area (Å²) < 4.78 is 15.8. The van der Waals surface area contributed by atoms with Gasteiger partial charge in [-0.25, -0.2) is 4.39 Å². The second kappa shape index (κ2) is 5.96. The monoisotopic (exact) mass is 397 g/mol. The molecule has 0 bridgehead atoms. The van der Waals surface area contributed by atoms with Gasteiger partial charge in [0.2, 0.25) is 0 Å². The first-order valence-corrected chi connectivity index (χ1v) is 8.18. The topological polar surface area (TPSA) is 12.0 Å². The Morgan fingerprint density at radius 3 is 2.70 bits per heavy atom. The molecule has 0 amide bonds. The maximum absolute atomic E-state index is 13.7. The van der Waals surface area contributed by atoms with Crippen molar-refractivity contribution in [3.8, 4) is 0 Å². The summed E-state index contributed by atoms with van der Waals surface area (Å²) in [4.78, 5) is 0. The summed E-state index contributed by atoms with van der Waals surface area (Å²) >= 11 is 6.89. The number of nitrogens with one attached hydrogen (secondary N) is 1. The Bertz CT molecular complexity index is 642. The molecule has 1 aliphatic carbocycles. The molecule has 0 radical (unpaired) electrons. The first-order valence-electron chi connectivity index (χ1n) is 6.59. The molecular weight excluding hydrogens is 385 g/mol. The van der Waals surface area contributed by atoms with Crippen LogP contribution in [0.25, 0.3) is 0 Å². The SMILES string of the molecule is Fc1ccc(Br)cc1CNC1CCc2cc(Br)ccc21. The first-order chi connectivity index (χ1) is 9.63. The number of hydrogen-bond acceptors (Lipinski definition) is 1. The molecule has 1 unspecified atom stereocenters. The van der Waals surface area contributed by atoms with Crippen LogP contribution in [0.3, 0.4) is 0 Å². The second-order valence-corrected chi connectivity index (χ2v) is 6.88. The first kappa shape index (κ1) is 14.2. The summed E-state index contributed by atoms with van der Waals surface area (Å²) in [5.41, 5.74) is 3.42. The fourth-order valence-electron chi connectivity index (χ4n) is 2.71. The molecule has 1 aliphatic rings. The Labute approximate surface area is 134 Å². The lowest BCUT2D eigenvalue weighted by molar-refractivity contribution is 0.513. The van der Waals surface area contributed by atoms with E-state index in [0.29, 0.717) is 18.2 Å². The molecule has 4 heteroatoms. The molecule has 2 aromatic carbocycles. The fourth-order valence-corrected chi connectivity index (χ4v) is 3.53. The second-order valence-electron chi connectivity index (χ2n) is 5.05. The smallest absolute Gasteiger partial charge is 0.127 e. The highest BCUT2D eigenvalue weighted by Crippen LogP contribution is 2.33. The van der Waals surface area contributed by atoms with Gasteiger partial charge in [-0.15, -0.1) is 0 Å². The molecule has 0 saturated heterocycles. The van der Waals surface area contributed by atoms with Gasteiger partial charge in [-0.2, -0.15) is 0 Å². The lowest BCUT2D eigenvalue weighted by atomic mass is 10.1. The highest BCUT2D eigenvalue weighted by atomic mass is 79.9. The molecule has 1 atom stereocenters. The van der Waals surface area contributed by atoms with E-state index in [0.717, 1.165) is 21.8 Å². The van der Waals surface area contributed by atoms with Gasteiger partial charge in [0.15, 0.2) is 0 Å². The molecule has 0 aromatic heterocycles. The maximum Gasteiger partial charge on any atom is 0.127 e. The van der Waals surface area contributed by atoms with Gasteiger partial charge in [-0.1, -0.05) is 37.9 Å². The van der Waals surface area contributed by atoms with Crippen LogP contribution in [0.15, 0.2) is 45.3 Å². The van der Waals surface area contributed by atoms with Gasteiger partial charge in [-0.05, 0) is 54.3 Å². The van der Waals surface area contributed by atoms with Crippen LogP contribution < -0.4 is 5.32 Å². The van der Waals surface area contributed by atoms with Crippen LogP contribution in [0.2, 0.25) is 0 Å². The molecule has 0 aliphatic heterocycles. The number of benzene rings is 2. The summed E-state index contributed by atoms with van der Waals surface area (Å²) in [5.74, 6) is -0.158. The van der Waals surface area contributed by atoms with Gasteiger partial charge in [0.25, 0.3) is 0 Å². The molecule has 0 fully saturated rings. The third-order valence-corrected chi connectivity index (χ3v) is 4.72. The summed E-state index contributed by atoms with van der Waals surface area (Å²) in [6, 6.07) is 11.8. The van der Waals surface area contributed by atoms with E-state index >= 15 is 0 Å². The van der Waals surface area contributed by atoms with Gasteiger partial charge < -0.3 is 5.32 Å². The molecule has 2 aromatic rings. The van der Waals surface area contributed by atoms with E-state index in [1.165, 1.54) is 17.2 Å². The van der Waals surface area contributed by atoms with Gasteiger partial charge in [0, 0.05) is 27.1 Å². The van der Waals surface area contributed by atoms with E-state index in [4.69, 9.17) is 0 Å². The zero-order valence-electron chi connectivity index (χ0n) is 10.8. The molecule has 0 heterocycles. The third kappa shape index (κ3) is 2.97. The standard InChI is InChI=1S/C16H14Br2FN/c17-12-2-4-14-10(7-12)1-6-16(14)20-9-11-8-13(18)3-5-15(11)19/h2-5,7-8,16,20H,1,6,9H2.